The first kappa shape index (κ1) is 12.7. The van der Waals surface area contributed by atoms with E-state index >= 15 is 0 Å². The van der Waals surface area contributed by atoms with Gasteiger partial charge in [0, 0.05) is 25.7 Å². The fraction of sp³-hybridized carbons (Fsp3) is 0.562. The number of aryl methyl sites for hydroxylation is 2. The predicted molar refractivity (Wildman–Crippen MR) is 75.8 cm³/mol. The molecule has 0 atom stereocenters. The minimum Gasteiger partial charge on any atom is -0.335 e. The highest BCUT2D eigenvalue weighted by Gasteiger charge is 2.37. The summed E-state index contributed by atoms with van der Waals surface area (Å²) in [7, 11) is 0. The summed E-state index contributed by atoms with van der Waals surface area (Å²) in [6.45, 7) is 6.76. The lowest BCUT2D eigenvalue weighted by Crippen LogP contribution is -2.52. The van der Waals surface area contributed by atoms with Crippen LogP contribution in [0.4, 0.5) is 0 Å². The standard InChI is InChI=1S/C16H22N2O/c1-11-3-4-13(7-12(11)2)10-18(15-5-6-15)16(19)14-8-17-9-14/h3-4,7,14-15,17H,5-6,8-10H2,1-2H3. The SMILES string of the molecule is Cc1ccc(CN(C(=O)C2CNC2)C2CC2)cc1C. The van der Waals surface area contributed by atoms with Gasteiger partial charge >= 0.3 is 0 Å². The number of nitrogens with zero attached hydrogens (tertiary/aromatic N) is 1. The number of benzene rings is 1. The number of carbonyl (C=O) groups excluding carboxylic acids is 1. The summed E-state index contributed by atoms with van der Waals surface area (Å²) in [6, 6.07) is 7.03. The first-order chi connectivity index (χ1) is 9.15. The molecule has 0 radical (unpaired) electrons. The lowest BCUT2D eigenvalue weighted by Gasteiger charge is -2.32. The van der Waals surface area contributed by atoms with Crippen molar-refractivity contribution in [3.63, 3.8) is 0 Å². The summed E-state index contributed by atoms with van der Waals surface area (Å²) in [5.74, 6) is 0.562. The number of nitrogens with one attached hydrogen (secondary N) is 1. The van der Waals surface area contributed by atoms with Gasteiger partial charge < -0.3 is 10.2 Å². The van der Waals surface area contributed by atoms with Crippen molar-refractivity contribution in [2.24, 2.45) is 5.92 Å². The van der Waals surface area contributed by atoms with E-state index in [1.165, 1.54) is 29.5 Å². The molecular weight excluding hydrogens is 236 g/mol. The molecule has 3 nitrogen and oxygen atoms in total. The molecule has 1 heterocycles. The van der Waals surface area contributed by atoms with E-state index in [1.807, 2.05) is 0 Å². The maximum absolute atomic E-state index is 12.4. The Morgan fingerprint density at radius 3 is 2.53 bits per heavy atom. The van der Waals surface area contributed by atoms with Crippen molar-refractivity contribution in [1.29, 1.82) is 0 Å². The van der Waals surface area contributed by atoms with Gasteiger partial charge in [0.1, 0.15) is 0 Å². The maximum atomic E-state index is 12.4. The van der Waals surface area contributed by atoms with Crippen LogP contribution in [0, 0.1) is 19.8 Å². The van der Waals surface area contributed by atoms with Crippen LogP contribution < -0.4 is 5.32 Å². The first-order valence-corrected chi connectivity index (χ1v) is 7.22. The molecule has 1 aromatic carbocycles. The smallest absolute Gasteiger partial charge is 0.228 e. The monoisotopic (exact) mass is 258 g/mol. The molecule has 1 saturated carbocycles. The van der Waals surface area contributed by atoms with Crippen molar-refractivity contribution in [2.75, 3.05) is 13.1 Å². The van der Waals surface area contributed by atoms with Crippen molar-refractivity contribution < 1.29 is 4.79 Å². The predicted octanol–water partition coefficient (Wildman–Crippen LogP) is 2.01. The molecule has 2 aliphatic rings. The number of rotatable bonds is 4. The molecule has 0 unspecified atom stereocenters. The number of carbonyl (C=O) groups is 1. The molecule has 0 bridgehead atoms. The maximum Gasteiger partial charge on any atom is 0.228 e. The normalized spacial score (nSPS) is 19.1. The number of hydrogen-bond donors (Lipinski definition) is 1. The van der Waals surface area contributed by atoms with Crippen molar-refractivity contribution >= 4 is 5.91 Å². The Bertz CT molecular complexity index is 490. The third-order valence-electron chi connectivity index (χ3n) is 4.33. The Kier molecular flexibility index (Phi) is 3.31. The van der Waals surface area contributed by atoms with Crippen LogP contribution in [0.5, 0.6) is 0 Å². The molecule has 0 aromatic heterocycles. The van der Waals surface area contributed by atoms with Crippen LogP contribution in [0.25, 0.3) is 0 Å². The topological polar surface area (TPSA) is 32.3 Å². The van der Waals surface area contributed by atoms with Gasteiger partial charge in [-0.1, -0.05) is 18.2 Å². The van der Waals surface area contributed by atoms with E-state index in [0.717, 1.165) is 19.6 Å². The van der Waals surface area contributed by atoms with E-state index in [1.54, 1.807) is 0 Å². The second kappa shape index (κ2) is 4.97. The lowest BCUT2D eigenvalue weighted by molar-refractivity contribution is -0.138. The zero-order valence-electron chi connectivity index (χ0n) is 11.8. The van der Waals surface area contributed by atoms with Crippen LogP contribution in [0.2, 0.25) is 0 Å². The third-order valence-corrected chi connectivity index (χ3v) is 4.33. The highest BCUT2D eigenvalue weighted by atomic mass is 16.2. The second-order valence-corrected chi connectivity index (χ2v) is 5.97. The molecule has 1 N–H and O–H groups in total. The van der Waals surface area contributed by atoms with E-state index < -0.39 is 0 Å². The summed E-state index contributed by atoms with van der Waals surface area (Å²) in [5, 5.41) is 3.19. The van der Waals surface area contributed by atoms with E-state index in [2.05, 4.69) is 42.3 Å². The first-order valence-electron chi connectivity index (χ1n) is 7.22. The summed E-state index contributed by atoms with van der Waals surface area (Å²) in [4.78, 5) is 14.6. The molecule has 19 heavy (non-hydrogen) atoms. The lowest BCUT2D eigenvalue weighted by atomic mass is 10.0. The minimum atomic E-state index is 0.215. The van der Waals surface area contributed by atoms with E-state index in [0.29, 0.717) is 11.9 Å². The van der Waals surface area contributed by atoms with Crippen LogP contribution >= 0.6 is 0 Å². The summed E-state index contributed by atoms with van der Waals surface area (Å²) < 4.78 is 0. The van der Waals surface area contributed by atoms with Gasteiger partial charge in [-0.05, 0) is 43.4 Å². The Morgan fingerprint density at radius 1 is 1.26 bits per heavy atom. The Morgan fingerprint density at radius 2 is 2.00 bits per heavy atom. The molecule has 1 aliphatic carbocycles. The molecule has 1 amide bonds. The van der Waals surface area contributed by atoms with E-state index in [9.17, 15) is 4.79 Å². The highest BCUT2D eigenvalue weighted by Crippen LogP contribution is 2.30. The van der Waals surface area contributed by atoms with Crippen LogP contribution in [0.3, 0.4) is 0 Å². The van der Waals surface area contributed by atoms with Crippen LogP contribution in [0.15, 0.2) is 18.2 Å². The second-order valence-electron chi connectivity index (χ2n) is 5.97. The molecule has 1 saturated heterocycles. The molecule has 1 aromatic rings. The molecule has 102 valence electrons. The van der Waals surface area contributed by atoms with Gasteiger partial charge in [-0.3, -0.25) is 4.79 Å². The fourth-order valence-electron chi connectivity index (χ4n) is 2.57. The van der Waals surface area contributed by atoms with E-state index in [-0.39, 0.29) is 5.92 Å². The van der Waals surface area contributed by atoms with Gasteiger partial charge in [-0.2, -0.15) is 0 Å². The highest BCUT2D eigenvalue weighted by molar-refractivity contribution is 5.80. The Labute approximate surface area is 115 Å². The molecule has 2 fully saturated rings. The third kappa shape index (κ3) is 2.66. The van der Waals surface area contributed by atoms with Gasteiger partial charge in [0.05, 0.1) is 5.92 Å². The summed E-state index contributed by atoms with van der Waals surface area (Å²) in [6.07, 6.45) is 2.35. The van der Waals surface area contributed by atoms with Crippen molar-refractivity contribution in [3.05, 3.63) is 34.9 Å². The average molecular weight is 258 g/mol. The number of amides is 1. The number of hydrogen-bond acceptors (Lipinski definition) is 2. The van der Waals surface area contributed by atoms with Gasteiger partial charge in [0.2, 0.25) is 5.91 Å². The Balaban J connectivity index is 1.73. The fourth-order valence-corrected chi connectivity index (χ4v) is 2.57. The van der Waals surface area contributed by atoms with Gasteiger partial charge in [0.25, 0.3) is 0 Å². The van der Waals surface area contributed by atoms with Gasteiger partial charge in [-0.25, -0.2) is 0 Å². The summed E-state index contributed by atoms with van der Waals surface area (Å²) >= 11 is 0. The van der Waals surface area contributed by atoms with Crippen molar-refractivity contribution in [3.8, 4) is 0 Å². The van der Waals surface area contributed by atoms with Crippen LogP contribution in [0.1, 0.15) is 29.5 Å². The van der Waals surface area contributed by atoms with Crippen LogP contribution in [-0.2, 0) is 11.3 Å². The zero-order valence-corrected chi connectivity index (χ0v) is 11.8. The molecule has 1 aliphatic heterocycles. The summed E-state index contributed by atoms with van der Waals surface area (Å²) in [5.41, 5.74) is 3.89. The van der Waals surface area contributed by atoms with Crippen molar-refractivity contribution in [2.45, 2.75) is 39.3 Å². The van der Waals surface area contributed by atoms with Crippen LogP contribution in [-0.4, -0.2) is 29.9 Å². The Hall–Kier alpha value is -1.35. The van der Waals surface area contributed by atoms with Crippen molar-refractivity contribution in [1.82, 2.24) is 10.2 Å². The molecule has 3 heteroatoms. The zero-order chi connectivity index (χ0) is 13.4. The minimum absolute atomic E-state index is 0.215. The largest absolute Gasteiger partial charge is 0.335 e. The van der Waals surface area contributed by atoms with Gasteiger partial charge in [-0.15, -0.1) is 0 Å². The quantitative estimate of drug-likeness (QED) is 0.896. The van der Waals surface area contributed by atoms with E-state index in [4.69, 9.17) is 0 Å². The molecule has 0 spiro atoms. The van der Waals surface area contributed by atoms with Gasteiger partial charge in [0.15, 0.2) is 0 Å². The molecule has 3 rings (SSSR count). The average Bonchev–Trinajstić information content (AvgIpc) is 3.12. The molecular formula is C16H22N2O.